The quantitative estimate of drug-likeness (QED) is 0.920. The zero-order chi connectivity index (χ0) is 13.0. The van der Waals surface area contributed by atoms with Crippen molar-refractivity contribution in [2.24, 2.45) is 0 Å². The minimum atomic E-state index is -0.205. The van der Waals surface area contributed by atoms with Gasteiger partial charge in [-0.2, -0.15) is 5.10 Å². The molecule has 2 rings (SSSR count). The first-order chi connectivity index (χ1) is 8.70. The molecule has 0 spiro atoms. The van der Waals surface area contributed by atoms with Crippen LogP contribution in [0.4, 0.5) is 4.39 Å². The number of nitrogens with zero attached hydrogens (tertiary/aromatic N) is 2. The number of nitrogens with one attached hydrogen (secondary N) is 1. The Morgan fingerprint density at radius 2 is 2.22 bits per heavy atom. The largest absolute Gasteiger partial charge is 0.311 e. The molecule has 0 aliphatic heterocycles. The van der Waals surface area contributed by atoms with E-state index in [1.165, 1.54) is 6.07 Å². The van der Waals surface area contributed by atoms with Crippen LogP contribution in [0.15, 0.2) is 34.9 Å². The lowest BCUT2D eigenvalue weighted by Crippen LogP contribution is -2.16. The van der Waals surface area contributed by atoms with E-state index in [0.29, 0.717) is 12.1 Å². The molecule has 0 aliphatic rings. The Morgan fingerprint density at radius 1 is 1.39 bits per heavy atom. The Labute approximate surface area is 114 Å². The molecule has 1 aromatic heterocycles. The van der Waals surface area contributed by atoms with Crippen LogP contribution in [0.2, 0.25) is 0 Å². The van der Waals surface area contributed by atoms with Crippen LogP contribution in [0.3, 0.4) is 0 Å². The molecule has 1 N–H and O–H groups in total. The van der Waals surface area contributed by atoms with Gasteiger partial charge in [0, 0.05) is 22.8 Å². The number of aromatic nitrogens is 2. The smallest absolute Gasteiger partial charge is 0.128 e. The van der Waals surface area contributed by atoms with Gasteiger partial charge in [-0.25, -0.2) is 4.39 Å². The highest BCUT2D eigenvalue weighted by molar-refractivity contribution is 9.10. The molecule has 1 heterocycles. The van der Waals surface area contributed by atoms with Gasteiger partial charge in [0.15, 0.2) is 0 Å². The van der Waals surface area contributed by atoms with Crippen LogP contribution in [-0.2, 0) is 13.1 Å². The lowest BCUT2D eigenvalue weighted by atomic mass is 10.2. The summed E-state index contributed by atoms with van der Waals surface area (Å²) in [4.78, 5) is 0. The Hall–Kier alpha value is -1.20. The van der Waals surface area contributed by atoms with Gasteiger partial charge >= 0.3 is 0 Å². The Bertz CT molecular complexity index is 525. The van der Waals surface area contributed by atoms with Gasteiger partial charge in [0.05, 0.1) is 12.2 Å². The monoisotopic (exact) mass is 311 g/mol. The molecule has 18 heavy (non-hydrogen) atoms. The molecule has 2 aromatic rings. The number of rotatable bonds is 5. The third-order valence-corrected chi connectivity index (χ3v) is 3.18. The second-order valence-electron chi connectivity index (χ2n) is 4.00. The fraction of sp³-hybridized carbons (Fsp3) is 0.308. The van der Waals surface area contributed by atoms with Crippen LogP contribution >= 0.6 is 15.9 Å². The summed E-state index contributed by atoms with van der Waals surface area (Å²) in [6, 6.07) is 6.89. The number of benzene rings is 1. The minimum absolute atomic E-state index is 0.205. The molecule has 96 valence electrons. The third kappa shape index (κ3) is 3.17. The van der Waals surface area contributed by atoms with E-state index < -0.39 is 0 Å². The van der Waals surface area contributed by atoms with Crippen molar-refractivity contribution in [3.05, 3.63) is 52.0 Å². The van der Waals surface area contributed by atoms with Gasteiger partial charge in [-0.3, -0.25) is 4.68 Å². The molecule has 0 saturated heterocycles. The first-order valence-corrected chi connectivity index (χ1v) is 6.65. The number of halogens is 2. The molecule has 0 aliphatic carbocycles. The van der Waals surface area contributed by atoms with Gasteiger partial charge in [0.1, 0.15) is 5.82 Å². The Kier molecular flexibility index (Phi) is 4.49. The maximum absolute atomic E-state index is 13.7. The normalized spacial score (nSPS) is 10.8. The van der Waals surface area contributed by atoms with E-state index >= 15 is 0 Å². The maximum atomic E-state index is 13.7. The lowest BCUT2D eigenvalue weighted by Gasteiger charge is -2.09. The molecule has 0 unspecified atom stereocenters. The molecule has 0 bridgehead atoms. The zero-order valence-corrected chi connectivity index (χ0v) is 11.7. The first kappa shape index (κ1) is 13.2. The number of hydrogen-bond acceptors (Lipinski definition) is 2. The van der Waals surface area contributed by atoms with E-state index in [1.807, 2.05) is 10.7 Å². The summed E-state index contributed by atoms with van der Waals surface area (Å²) >= 11 is 3.35. The van der Waals surface area contributed by atoms with Crippen molar-refractivity contribution in [3.63, 3.8) is 0 Å². The summed E-state index contributed by atoms with van der Waals surface area (Å²) in [6.45, 7) is 4.14. The van der Waals surface area contributed by atoms with Crippen LogP contribution in [0.25, 0.3) is 0 Å². The topological polar surface area (TPSA) is 29.9 Å². The molecule has 0 radical (unpaired) electrons. The SMILES string of the molecule is CCNCc1ccnn1Cc1cc(Br)ccc1F. The van der Waals surface area contributed by atoms with Crippen molar-refractivity contribution < 1.29 is 4.39 Å². The summed E-state index contributed by atoms with van der Waals surface area (Å²) in [7, 11) is 0. The zero-order valence-electron chi connectivity index (χ0n) is 10.2. The summed E-state index contributed by atoms with van der Waals surface area (Å²) in [5, 5.41) is 7.47. The van der Waals surface area contributed by atoms with Crippen molar-refractivity contribution in [2.75, 3.05) is 6.54 Å². The molecule has 0 atom stereocenters. The highest BCUT2D eigenvalue weighted by atomic mass is 79.9. The Balaban J connectivity index is 2.18. The fourth-order valence-electron chi connectivity index (χ4n) is 1.73. The van der Waals surface area contributed by atoms with Gasteiger partial charge in [-0.1, -0.05) is 22.9 Å². The summed E-state index contributed by atoms with van der Waals surface area (Å²) < 4.78 is 16.4. The van der Waals surface area contributed by atoms with Crippen LogP contribution in [-0.4, -0.2) is 16.3 Å². The van der Waals surface area contributed by atoms with Gasteiger partial charge < -0.3 is 5.32 Å². The highest BCUT2D eigenvalue weighted by Crippen LogP contribution is 2.17. The second kappa shape index (κ2) is 6.11. The molecule has 0 amide bonds. The molecule has 0 saturated carbocycles. The van der Waals surface area contributed by atoms with E-state index in [4.69, 9.17) is 0 Å². The van der Waals surface area contributed by atoms with Crippen molar-refractivity contribution in [2.45, 2.75) is 20.0 Å². The highest BCUT2D eigenvalue weighted by Gasteiger charge is 2.07. The van der Waals surface area contributed by atoms with Gasteiger partial charge in [0.25, 0.3) is 0 Å². The maximum Gasteiger partial charge on any atom is 0.128 e. The molecular weight excluding hydrogens is 297 g/mol. The molecule has 3 nitrogen and oxygen atoms in total. The number of hydrogen-bond donors (Lipinski definition) is 1. The van der Waals surface area contributed by atoms with Gasteiger partial charge in [-0.05, 0) is 30.8 Å². The second-order valence-corrected chi connectivity index (χ2v) is 4.91. The van der Waals surface area contributed by atoms with Crippen molar-refractivity contribution in [1.29, 1.82) is 0 Å². The third-order valence-electron chi connectivity index (χ3n) is 2.69. The van der Waals surface area contributed by atoms with E-state index in [-0.39, 0.29) is 5.82 Å². The lowest BCUT2D eigenvalue weighted by molar-refractivity contribution is 0.564. The Morgan fingerprint density at radius 3 is 3.00 bits per heavy atom. The van der Waals surface area contributed by atoms with Crippen molar-refractivity contribution in [1.82, 2.24) is 15.1 Å². The van der Waals surface area contributed by atoms with Gasteiger partial charge in [-0.15, -0.1) is 0 Å². The van der Waals surface area contributed by atoms with Crippen LogP contribution < -0.4 is 5.32 Å². The van der Waals surface area contributed by atoms with E-state index in [1.54, 1.807) is 18.3 Å². The molecule has 0 fully saturated rings. The van der Waals surface area contributed by atoms with Crippen molar-refractivity contribution >= 4 is 15.9 Å². The predicted molar refractivity (Wildman–Crippen MR) is 72.8 cm³/mol. The standard InChI is InChI=1S/C13H15BrFN3/c1-2-16-8-12-5-6-17-18(12)9-10-7-11(14)3-4-13(10)15/h3-7,16H,2,8-9H2,1H3. The fourth-order valence-corrected chi connectivity index (χ4v) is 2.14. The van der Waals surface area contributed by atoms with E-state index in [0.717, 1.165) is 23.3 Å². The average Bonchev–Trinajstić information content (AvgIpc) is 2.79. The summed E-state index contributed by atoms with van der Waals surface area (Å²) in [6.07, 6.45) is 1.74. The summed E-state index contributed by atoms with van der Waals surface area (Å²) in [5.74, 6) is -0.205. The summed E-state index contributed by atoms with van der Waals surface area (Å²) in [5.41, 5.74) is 1.68. The molecule has 1 aromatic carbocycles. The van der Waals surface area contributed by atoms with E-state index in [2.05, 4.69) is 33.3 Å². The predicted octanol–water partition coefficient (Wildman–Crippen LogP) is 2.94. The first-order valence-electron chi connectivity index (χ1n) is 5.86. The van der Waals surface area contributed by atoms with Crippen LogP contribution in [0.5, 0.6) is 0 Å². The van der Waals surface area contributed by atoms with Crippen molar-refractivity contribution in [3.8, 4) is 0 Å². The molecular formula is C13H15BrFN3. The minimum Gasteiger partial charge on any atom is -0.311 e. The van der Waals surface area contributed by atoms with E-state index in [9.17, 15) is 4.39 Å². The molecule has 5 heteroatoms. The van der Waals surface area contributed by atoms with Crippen LogP contribution in [0, 0.1) is 5.82 Å². The average molecular weight is 312 g/mol. The van der Waals surface area contributed by atoms with Gasteiger partial charge in [0.2, 0.25) is 0 Å². The van der Waals surface area contributed by atoms with Crippen LogP contribution in [0.1, 0.15) is 18.2 Å².